The van der Waals surface area contributed by atoms with Crippen molar-refractivity contribution in [2.24, 2.45) is 5.73 Å². The summed E-state index contributed by atoms with van der Waals surface area (Å²) in [5.74, 6) is -5.49. The maximum Gasteiger partial charge on any atom is 0.320 e. The molecule has 1 aromatic rings. The fourth-order valence-electron chi connectivity index (χ4n) is 1.09. The van der Waals surface area contributed by atoms with Crippen molar-refractivity contribution in [2.45, 2.75) is 12.5 Å². The standard InChI is InChI=1S/C9H7ClF3NO2/c10-6-4(11)1-3(7(12)8(6)13)2-5(14)9(15)16/h1,5H,2,14H2,(H,15,16). The molecule has 0 saturated heterocycles. The van der Waals surface area contributed by atoms with Crippen LogP contribution in [-0.4, -0.2) is 17.1 Å². The second kappa shape index (κ2) is 4.71. The highest BCUT2D eigenvalue weighted by molar-refractivity contribution is 6.30. The molecule has 88 valence electrons. The first-order valence-electron chi connectivity index (χ1n) is 4.14. The Hall–Kier alpha value is -1.27. The van der Waals surface area contributed by atoms with Gasteiger partial charge in [-0.3, -0.25) is 4.79 Å². The first-order valence-corrected chi connectivity index (χ1v) is 4.52. The van der Waals surface area contributed by atoms with Crippen molar-refractivity contribution in [3.8, 4) is 0 Å². The molecule has 0 radical (unpaired) electrons. The summed E-state index contributed by atoms with van der Waals surface area (Å²) in [7, 11) is 0. The number of rotatable bonds is 3. The summed E-state index contributed by atoms with van der Waals surface area (Å²) in [6.07, 6.45) is -0.522. The van der Waals surface area contributed by atoms with E-state index < -0.39 is 46.5 Å². The third-order valence-corrected chi connectivity index (χ3v) is 2.28. The van der Waals surface area contributed by atoms with Gasteiger partial charge in [-0.05, 0) is 11.6 Å². The summed E-state index contributed by atoms with van der Waals surface area (Å²) >= 11 is 5.12. The normalized spacial score (nSPS) is 12.6. The van der Waals surface area contributed by atoms with Gasteiger partial charge in [0.05, 0.1) is 0 Å². The topological polar surface area (TPSA) is 63.3 Å². The first-order chi connectivity index (χ1) is 7.34. The molecule has 16 heavy (non-hydrogen) atoms. The van der Waals surface area contributed by atoms with Crippen molar-refractivity contribution < 1.29 is 23.1 Å². The van der Waals surface area contributed by atoms with Gasteiger partial charge in [0.15, 0.2) is 11.6 Å². The van der Waals surface area contributed by atoms with Crippen LogP contribution in [0.15, 0.2) is 6.07 Å². The zero-order chi connectivity index (χ0) is 12.5. The predicted octanol–water partition coefficient (Wildman–Crippen LogP) is 1.71. The molecule has 0 bridgehead atoms. The third kappa shape index (κ3) is 2.45. The van der Waals surface area contributed by atoms with E-state index in [-0.39, 0.29) is 0 Å². The van der Waals surface area contributed by atoms with E-state index in [2.05, 4.69) is 0 Å². The highest BCUT2D eigenvalue weighted by atomic mass is 35.5. The van der Waals surface area contributed by atoms with Gasteiger partial charge in [-0.25, -0.2) is 13.2 Å². The molecule has 0 amide bonds. The molecule has 0 heterocycles. The van der Waals surface area contributed by atoms with Crippen molar-refractivity contribution in [1.29, 1.82) is 0 Å². The zero-order valence-electron chi connectivity index (χ0n) is 7.81. The van der Waals surface area contributed by atoms with Crippen molar-refractivity contribution >= 4 is 17.6 Å². The fourth-order valence-corrected chi connectivity index (χ4v) is 1.23. The molecule has 0 aromatic heterocycles. The van der Waals surface area contributed by atoms with E-state index in [4.69, 9.17) is 22.4 Å². The summed E-state index contributed by atoms with van der Waals surface area (Å²) in [5, 5.41) is 7.50. The fraction of sp³-hybridized carbons (Fsp3) is 0.222. The van der Waals surface area contributed by atoms with E-state index in [0.717, 1.165) is 0 Å². The molecule has 7 heteroatoms. The van der Waals surface area contributed by atoms with Crippen molar-refractivity contribution in [1.82, 2.24) is 0 Å². The Labute approximate surface area is 93.6 Å². The second-order valence-electron chi connectivity index (χ2n) is 3.11. The second-order valence-corrected chi connectivity index (χ2v) is 3.49. The van der Waals surface area contributed by atoms with E-state index in [1.54, 1.807) is 0 Å². The highest BCUT2D eigenvalue weighted by Gasteiger charge is 2.21. The van der Waals surface area contributed by atoms with E-state index in [0.29, 0.717) is 6.07 Å². The monoisotopic (exact) mass is 253 g/mol. The van der Waals surface area contributed by atoms with Crippen LogP contribution in [0.3, 0.4) is 0 Å². The number of nitrogens with two attached hydrogens (primary N) is 1. The van der Waals surface area contributed by atoms with Gasteiger partial charge in [0.2, 0.25) is 0 Å². The van der Waals surface area contributed by atoms with Crippen LogP contribution in [0.5, 0.6) is 0 Å². The Kier molecular flexibility index (Phi) is 3.77. The van der Waals surface area contributed by atoms with Crippen LogP contribution >= 0.6 is 11.6 Å². The lowest BCUT2D eigenvalue weighted by Crippen LogP contribution is -2.32. The quantitative estimate of drug-likeness (QED) is 0.637. The van der Waals surface area contributed by atoms with Gasteiger partial charge < -0.3 is 10.8 Å². The lowest BCUT2D eigenvalue weighted by Gasteiger charge is -2.09. The molecule has 0 spiro atoms. The molecule has 0 aliphatic rings. The lowest BCUT2D eigenvalue weighted by molar-refractivity contribution is -0.138. The maximum atomic E-state index is 13.2. The molecule has 1 rings (SSSR count). The highest BCUT2D eigenvalue weighted by Crippen LogP contribution is 2.24. The number of aliphatic carboxylic acids is 1. The van der Waals surface area contributed by atoms with Crippen LogP contribution < -0.4 is 5.73 Å². The molecule has 1 aromatic carbocycles. The minimum absolute atomic E-state index is 0.464. The van der Waals surface area contributed by atoms with Crippen LogP contribution in [0.1, 0.15) is 5.56 Å². The summed E-state index contributed by atoms with van der Waals surface area (Å²) in [4.78, 5) is 10.4. The minimum atomic E-state index is -1.55. The molecular weight excluding hydrogens is 247 g/mol. The number of hydrogen-bond acceptors (Lipinski definition) is 2. The van der Waals surface area contributed by atoms with E-state index in [1.165, 1.54) is 0 Å². The molecule has 0 aliphatic carbocycles. The van der Waals surface area contributed by atoms with Crippen molar-refractivity contribution in [3.63, 3.8) is 0 Å². The number of benzene rings is 1. The summed E-state index contributed by atoms with van der Waals surface area (Å²) < 4.78 is 39.1. The summed E-state index contributed by atoms with van der Waals surface area (Å²) in [5.41, 5.74) is 4.65. The molecular formula is C9H7ClF3NO2. The lowest BCUT2D eigenvalue weighted by atomic mass is 10.1. The van der Waals surface area contributed by atoms with Gasteiger partial charge in [0.25, 0.3) is 0 Å². The average molecular weight is 254 g/mol. The van der Waals surface area contributed by atoms with Crippen LogP contribution in [0.2, 0.25) is 5.02 Å². The molecule has 0 fully saturated rings. The Morgan fingerprint density at radius 3 is 2.50 bits per heavy atom. The van der Waals surface area contributed by atoms with Crippen molar-refractivity contribution in [3.05, 3.63) is 34.1 Å². The van der Waals surface area contributed by atoms with E-state index in [9.17, 15) is 18.0 Å². The molecule has 3 nitrogen and oxygen atoms in total. The van der Waals surface area contributed by atoms with Crippen LogP contribution in [-0.2, 0) is 11.2 Å². The van der Waals surface area contributed by atoms with Gasteiger partial charge in [-0.2, -0.15) is 0 Å². The Morgan fingerprint density at radius 1 is 1.44 bits per heavy atom. The first kappa shape index (κ1) is 12.8. The molecule has 1 unspecified atom stereocenters. The SMILES string of the molecule is NC(Cc1cc(F)c(Cl)c(F)c1F)C(=O)O. The van der Waals surface area contributed by atoms with Gasteiger partial charge in [0.1, 0.15) is 16.9 Å². The number of carboxylic acids is 1. The molecule has 1 atom stereocenters. The van der Waals surface area contributed by atoms with Crippen molar-refractivity contribution in [2.75, 3.05) is 0 Å². The van der Waals surface area contributed by atoms with Crippen LogP contribution in [0.4, 0.5) is 13.2 Å². The largest absolute Gasteiger partial charge is 0.480 e. The number of carboxylic acid groups (broad SMARTS) is 1. The maximum absolute atomic E-state index is 13.2. The van der Waals surface area contributed by atoms with E-state index in [1.807, 2.05) is 0 Å². The number of halogens is 4. The van der Waals surface area contributed by atoms with Gasteiger partial charge in [-0.15, -0.1) is 0 Å². The van der Waals surface area contributed by atoms with Gasteiger partial charge in [-0.1, -0.05) is 11.6 Å². The Morgan fingerprint density at radius 2 is 2.00 bits per heavy atom. The van der Waals surface area contributed by atoms with E-state index >= 15 is 0 Å². The molecule has 3 N–H and O–H groups in total. The zero-order valence-corrected chi connectivity index (χ0v) is 8.56. The van der Waals surface area contributed by atoms with Crippen LogP contribution in [0, 0.1) is 17.5 Å². The molecule has 0 aliphatic heterocycles. The average Bonchev–Trinajstić information content (AvgIpc) is 2.22. The van der Waals surface area contributed by atoms with Gasteiger partial charge >= 0.3 is 5.97 Å². The summed E-state index contributed by atoms with van der Waals surface area (Å²) in [6, 6.07) is -0.807. The predicted molar refractivity (Wildman–Crippen MR) is 50.6 cm³/mol. The minimum Gasteiger partial charge on any atom is -0.480 e. The summed E-state index contributed by atoms with van der Waals surface area (Å²) in [6.45, 7) is 0. The van der Waals surface area contributed by atoms with Gasteiger partial charge in [0, 0.05) is 6.42 Å². The number of carbonyl (C=O) groups is 1. The Balaban J connectivity index is 3.11. The third-order valence-electron chi connectivity index (χ3n) is 1.93. The smallest absolute Gasteiger partial charge is 0.320 e. The van der Waals surface area contributed by atoms with Crippen LogP contribution in [0.25, 0.3) is 0 Å². The Bertz CT molecular complexity index is 439. The molecule has 0 saturated carbocycles. The number of hydrogen-bond donors (Lipinski definition) is 2.